The molecule has 2 N–H and O–H groups in total. The van der Waals surface area contributed by atoms with Crippen LogP contribution in [-0.2, 0) is 9.59 Å². The summed E-state index contributed by atoms with van der Waals surface area (Å²) in [5.74, 6) is -1.34. The van der Waals surface area contributed by atoms with Crippen molar-refractivity contribution in [1.82, 2.24) is 0 Å². The summed E-state index contributed by atoms with van der Waals surface area (Å²) in [5, 5.41) is 12.0. The molecule has 21 heavy (non-hydrogen) atoms. The van der Waals surface area contributed by atoms with Crippen LogP contribution in [0.2, 0.25) is 0 Å². The van der Waals surface area contributed by atoms with Gasteiger partial charge in [-0.2, -0.15) is 0 Å². The standard InChI is InChI=1S/C16H21NO4/c1-2-21-12-9-7-11(8-10-12)17-15(18)13-5-3-4-6-14(13)16(19)20/h7-10,13-14H,2-6H2,1H3,(H,17,18)(H,19,20)/t13-,14+/m1/s1. The molecule has 1 aromatic rings. The van der Waals surface area contributed by atoms with E-state index in [1.54, 1.807) is 24.3 Å². The first-order valence-corrected chi connectivity index (χ1v) is 7.38. The van der Waals surface area contributed by atoms with Crippen LogP contribution in [0.5, 0.6) is 5.75 Å². The fourth-order valence-corrected chi connectivity index (χ4v) is 2.78. The topological polar surface area (TPSA) is 75.6 Å². The summed E-state index contributed by atoms with van der Waals surface area (Å²) in [6, 6.07) is 7.10. The van der Waals surface area contributed by atoms with Crippen molar-refractivity contribution in [2.75, 3.05) is 11.9 Å². The molecule has 1 saturated carbocycles. The van der Waals surface area contributed by atoms with E-state index in [9.17, 15) is 14.7 Å². The minimum atomic E-state index is -0.874. The van der Waals surface area contributed by atoms with Gasteiger partial charge < -0.3 is 15.2 Å². The number of carbonyl (C=O) groups is 2. The van der Waals surface area contributed by atoms with Crippen molar-refractivity contribution in [2.45, 2.75) is 32.6 Å². The summed E-state index contributed by atoms with van der Waals surface area (Å²) in [5.41, 5.74) is 0.665. The molecule has 2 atom stereocenters. The number of anilines is 1. The fourth-order valence-electron chi connectivity index (χ4n) is 2.78. The summed E-state index contributed by atoms with van der Waals surface area (Å²) >= 11 is 0. The Hall–Kier alpha value is -2.04. The number of hydrogen-bond donors (Lipinski definition) is 2. The third-order valence-electron chi connectivity index (χ3n) is 3.85. The zero-order valence-electron chi connectivity index (χ0n) is 12.2. The van der Waals surface area contributed by atoms with Gasteiger partial charge in [-0.25, -0.2) is 0 Å². The Labute approximate surface area is 124 Å². The predicted molar refractivity (Wildman–Crippen MR) is 79.3 cm³/mol. The average molecular weight is 291 g/mol. The lowest BCUT2D eigenvalue weighted by molar-refractivity contribution is -0.147. The van der Waals surface area contributed by atoms with Gasteiger partial charge in [0.25, 0.3) is 0 Å². The molecule has 1 amide bonds. The van der Waals surface area contributed by atoms with Crippen molar-refractivity contribution in [3.8, 4) is 5.75 Å². The lowest BCUT2D eigenvalue weighted by Gasteiger charge is -2.27. The largest absolute Gasteiger partial charge is 0.494 e. The molecule has 0 radical (unpaired) electrons. The van der Waals surface area contributed by atoms with E-state index in [4.69, 9.17) is 4.74 Å². The maximum Gasteiger partial charge on any atom is 0.307 e. The van der Waals surface area contributed by atoms with E-state index in [1.165, 1.54) is 0 Å². The predicted octanol–water partition coefficient (Wildman–Crippen LogP) is 2.91. The number of nitrogens with one attached hydrogen (secondary N) is 1. The Bertz CT molecular complexity index is 498. The zero-order valence-corrected chi connectivity index (χ0v) is 12.2. The molecule has 1 aromatic carbocycles. The molecule has 1 fully saturated rings. The van der Waals surface area contributed by atoms with Crippen LogP contribution in [0.15, 0.2) is 24.3 Å². The van der Waals surface area contributed by atoms with Crippen molar-refractivity contribution in [1.29, 1.82) is 0 Å². The Morgan fingerprint density at radius 3 is 2.38 bits per heavy atom. The number of ether oxygens (including phenoxy) is 1. The van der Waals surface area contributed by atoms with Gasteiger partial charge in [-0.1, -0.05) is 12.8 Å². The van der Waals surface area contributed by atoms with Crippen LogP contribution in [-0.4, -0.2) is 23.6 Å². The molecule has 0 unspecified atom stereocenters. The number of aliphatic carboxylic acids is 1. The summed E-state index contributed by atoms with van der Waals surface area (Å²) in [6.45, 7) is 2.50. The number of rotatable bonds is 5. The second kappa shape index (κ2) is 7.11. The van der Waals surface area contributed by atoms with Crippen molar-refractivity contribution in [2.24, 2.45) is 11.8 Å². The molecule has 5 heteroatoms. The lowest BCUT2D eigenvalue weighted by atomic mass is 9.78. The van der Waals surface area contributed by atoms with Crippen LogP contribution < -0.4 is 10.1 Å². The molecule has 0 aromatic heterocycles. The number of carboxylic acid groups (broad SMARTS) is 1. The van der Waals surface area contributed by atoms with Gasteiger partial charge in [0.2, 0.25) is 5.91 Å². The van der Waals surface area contributed by atoms with E-state index in [2.05, 4.69) is 5.32 Å². The van der Waals surface area contributed by atoms with Gasteiger partial charge in [0.05, 0.1) is 18.4 Å². The Morgan fingerprint density at radius 1 is 1.19 bits per heavy atom. The van der Waals surface area contributed by atoms with Crippen LogP contribution in [0.25, 0.3) is 0 Å². The first-order chi connectivity index (χ1) is 10.1. The van der Waals surface area contributed by atoms with Gasteiger partial charge >= 0.3 is 5.97 Å². The van der Waals surface area contributed by atoms with Gasteiger partial charge in [-0.3, -0.25) is 9.59 Å². The van der Waals surface area contributed by atoms with Crippen LogP contribution in [0.1, 0.15) is 32.6 Å². The smallest absolute Gasteiger partial charge is 0.307 e. The zero-order chi connectivity index (χ0) is 15.2. The quantitative estimate of drug-likeness (QED) is 0.874. The highest BCUT2D eigenvalue weighted by atomic mass is 16.5. The van der Waals surface area contributed by atoms with Gasteiger partial charge in [-0.15, -0.1) is 0 Å². The van der Waals surface area contributed by atoms with Crippen LogP contribution in [0, 0.1) is 11.8 Å². The average Bonchev–Trinajstić information content (AvgIpc) is 2.49. The van der Waals surface area contributed by atoms with Gasteiger partial charge in [0.1, 0.15) is 5.75 Å². The Morgan fingerprint density at radius 2 is 1.81 bits per heavy atom. The third-order valence-corrected chi connectivity index (χ3v) is 3.85. The number of carboxylic acids is 1. The molecule has 5 nitrogen and oxygen atoms in total. The second-order valence-electron chi connectivity index (χ2n) is 5.28. The third kappa shape index (κ3) is 3.97. The van der Waals surface area contributed by atoms with Crippen molar-refractivity contribution < 1.29 is 19.4 Å². The molecule has 0 spiro atoms. The molecule has 114 valence electrons. The molecule has 1 aliphatic rings. The fraction of sp³-hybridized carbons (Fsp3) is 0.500. The Balaban J connectivity index is 2.00. The SMILES string of the molecule is CCOc1ccc(NC(=O)[C@@H]2CCCC[C@@H]2C(=O)O)cc1. The van der Waals surface area contributed by atoms with Crippen molar-refractivity contribution in [3.05, 3.63) is 24.3 Å². The summed E-state index contributed by atoms with van der Waals surface area (Å²) in [7, 11) is 0. The van der Waals surface area contributed by atoms with E-state index in [1.807, 2.05) is 6.92 Å². The summed E-state index contributed by atoms with van der Waals surface area (Å²) in [6.07, 6.45) is 3.01. The number of amides is 1. The molecule has 1 aliphatic carbocycles. The molecular weight excluding hydrogens is 270 g/mol. The Kier molecular flexibility index (Phi) is 5.20. The highest BCUT2D eigenvalue weighted by Crippen LogP contribution is 2.31. The highest BCUT2D eigenvalue weighted by Gasteiger charge is 2.35. The molecule has 0 saturated heterocycles. The van der Waals surface area contributed by atoms with E-state index < -0.39 is 17.8 Å². The van der Waals surface area contributed by atoms with E-state index in [0.717, 1.165) is 18.6 Å². The second-order valence-corrected chi connectivity index (χ2v) is 5.28. The van der Waals surface area contributed by atoms with Crippen molar-refractivity contribution in [3.63, 3.8) is 0 Å². The minimum Gasteiger partial charge on any atom is -0.494 e. The highest BCUT2D eigenvalue weighted by molar-refractivity contribution is 5.95. The summed E-state index contributed by atoms with van der Waals surface area (Å²) < 4.78 is 5.34. The molecule has 0 bridgehead atoms. The maximum atomic E-state index is 12.3. The van der Waals surface area contributed by atoms with Crippen LogP contribution in [0.3, 0.4) is 0 Å². The lowest BCUT2D eigenvalue weighted by Crippen LogP contribution is -2.36. The number of hydrogen-bond acceptors (Lipinski definition) is 3. The number of benzene rings is 1. The van der Waals surface area contributed by atoms with E-state index in [-0.39, 0.29) is 5.91 Å². The van der Waals surface area contributed by atoms with Crippen LogP contribution in [0.4, 0.5) is 5.69 Å². The maximum absolute atomic E-state index is 12.3. The normalized spacial score (nSPS) is 21.6. The minimum absolute atomic E-state index is 0.203. The monoisotopic (exact) mass is 291 g/mol. The number of carbonyl (C=O) groups excluding carboxylic acids is 1. The van der Waals surface area contributed by atoms with Crippen LogP contribution >= 0.6 is 0 Å². The summed E-state index contributed by atoms with van der Waals surface area (Å²) in [4.78, 5) is 23.5. The van der Waals surface area contributed by atoms with E-state index in [0.29, 0.717) is 25.1 Å². The van der Waals surface area contributed by atoms with Gasteiger partial charge in [-0.05, 0) is 44.0 Å². The van der Waals surface area contributed by atoms with E-state index >= 15 is 0 Å². The molecule has 0 heterocycles. The van der Waals surface area contributed by atoms with Gasteiger partial charge in [0.15, 0.2) is 0 Å². The van der Waals surface area contributed by atoms with Gasteiger partial charge in [0, 0.05) is 5.69 Å². The molecular formula is C16H21NO4. The first kappa shape index (κ1) is 15.4. The van der Waals surface area contributed by atoms with Crippen molar-refractivity contribution >= 4 is 17.6 Å². The molecule has 2 rings (SSSR count). The first-order valence-electron chi connectivity index (χ1n) is 7.38. The molecule has 0 aliphatic heterocycles.